The number of benzene rings is 1. The highest BCUT2D eigenvalue weighted by Crippen LogP contribution is 2.20. The van der Waals surface area contributed by atoms with E-state index in [4.69, 9.17) is 9.84 Å². The van der Waals surface area contributed by atoms with Crippen molar-refractivity contribution in [2.24, 2.45) is 0 Å². The monoisotopic (exact) mass is 218 g/mol. The van der Waals surface area contributed by atoms with E-state index < -0.39 is 6.09 Å². The average Bonchev–Trinajstić information content (AvgIpc) is 2.70. The maximum atomic E-state index is 10.6. The Labute approximate surface area is 91.9 Å². The van der Waals surface area contributed by atoms with Gasteiger partial charge in [0.25, 0.3) is 0 Å². The Bertz CT molecular complexity index is 502. The molecular weight excluding hydrogens is 208 g/mol. The van der Waals surface area contributed by atoms with Gasteiger partial charge in [-0.1, -0.05) is 17.7 Å². The van der Waals surface area contributed by atoms with Crippen LogP contribution in [-0.4, -0.2) is 21.0 Å². The smallest absolute Gasteiger partial charge is 0.432 e. The molecule has 0 saturated carbocycles. The molecule has 1 aromatic carbocycles. The lowest BCUT2D eigenvalue weighted by Crippen LogP contribution is -2.07. The van der Waals surface area contributed by atoms with Crippen LogP contribution >= 0.6 is 0 Å². The highest BCUT2D eigenvalue weighted by atomic mass is 16.5. The summed E-state index contributed by atoms with van der Waals surface area (Å²) in [6.07, 6.45) is 1.52. The third-order valence-corrected chi connectivity index (χ3v) is 2.01. The fraction of sp³-hybridized carbons (Fsp3) is 0.0909. The maximum absolute atomic E-state index is 10.6. The fourth-order valence-electron chi connectivity index (χ4n) is 1.21. The molecule has 1 aromatic heterocycles. The van der Waals surface area contributed by atoms with E-state index in [1.165, 1.54) is 12.4 Å². The van der Waals surface area contributed by atoms with Crippen molar-refractivity contribution in [1.82, 2.24) is 9.78 Å². The van der Waals surface area contributed by atoms with E-state index in [1.807, 2.05) is 31.2 Å². The third-order valence-electron chi connectivity index (χ3n) is 2.01. The predicted molar refractivity (Wildman–Crippen MR) is 56.9 cm³/mol. The van der Waals surface area contributed by atoms with Gasteiger partial charge in [0.15, 0.2) is 5.75 Å². The number of carboxylic acid groups (broad SMARTS) is 1. The molecule has 0 aliphatic heterocycles. The third kappa shape index (κ3) is 2.20. The average molecular weight is 218 g/mol. The van der Waals surface area contributed by atoms with Crippen LogP contribution in [0.25, 0.3) is 0 Å². The molecule has 0 bridgehead atoms. The predicted octanol–water partition coefficient (Wildman–Crippen LogP) is 2.51. The minimum Gasteiger partial charge on any atom is -0.463 e. The lowest BCUT2D eigenvalue weighted by Gasteiger charge is -2.01. The Morgan fingerprint density at radius 1 is 1.31 bits per heavy atom. The molecular formula is C11H10N2O3. The van der Waals surface area contributed by atoms with E-state index in [0.29, 0.717) is 11.5 Å². The fourth-order valence-corrected chi connectivity index (χ4v) is 1.21. The number of aryl methyl sites for hydroxylation is 1. The van der Waals surface area contributed by atoms with Crippen LogP contribution in [0.5, 0.6) is 11.5 Å². The van der Waals surface area contributed by atoms with Crippen LogP contribution in [-0.2, 0) is 0 Å². The molecule has 0 fully saturated rings. The van der Waals surface area contributed by atoms with Crippen molar-refractivity contribution in [3.63, 3.8) is 0 Å². The zero-order valence-electron chi connectivity index (χ0n) is 8.62. The first kappa shape index (κ1) is 10.2. The molecule has 0 aliphatic rings. The number of rotatable bonds is 2. The first-order valence-electron chi connectivity index (χ1n) is 4.67. The Balaban J connectivity index is 2.14. The Morgan fingerprint density at radius 3 is 2.56 bits per heavy atom. The molecule has 0 spiro atoms. The van der Waals surface area contributed by atoms with Crippen molar-refractivity contribution in [1.29, 1.82) is 0 Å². The normalized spacial score (nSPS) is 10.1. The van der Waals surface area contributed by atoms with Crippen LogP contribution in [0, 0.1) is 6.92 Å². The van der Waals surface area contributed by atoms with E-state index in [1.54, 1.807) is 0 Å². The van der Waals surface area contributed by atoms with Crippen LogP contribution in [0.15, 0.2) is 36.7 Å². The molecule has 1 N–H and O–H groups in total. The zero-order chi connectivity index (χ0) is 11.5. The van der Waals surface area contributed by atoms with Gasteiger partial charge in [0.1, 0.15) is 5.75 Å². The van der Waals surface area contributed by atoms with Crippen LogP contribution < -0.4 is 4.74 Å². The molecule has 2 aromatic rings. The molecule has 0 aliphatic carbocycles. The summed E-state index contributed by atoms with van der Waals surface area (Å²) in [5.41, 5.74) is 1.13. The summed E-state index contributed by atoms with van der Waals surface area (Å²) in [7, 11) is 0. The van der Waals surface area contributed by atoms with E-state index in [0.717, 1.165) is 10.2 Å². The summed E-state index contributed by atoms with van der Waals surface area (Å²) in [4.78, 5) is 10.6. The second-order valence-corrected chi connectivity index (χ2v) is 3.32. The van der Waals surface area contributed by atoms with E-state index >= 15 is 0 Å². The first-order chi connectivity index (χ1) is 7.65. The van der Waals surface area contributed by atoms with Crippen molar-refractivity contribution < 1.29 is 14.6 Å². The molecule has 5 heteroatoms. The summed E-state index contributed by atoms with van der Waals surface area (Å²) in [6, 6.07) is 7.45. The minimum atomic E-state index is -1.14. The second kappa shape index (κ2) is 4.06. The summed E-state index contributed by atoms with van der Waals surface area (Å²) in [5.74, 6) is 1.04. The Kier molecular flexibility index (Phi) is 2.59. The van der Waals surface area contributed by atoms with Gasteiger partial charge in [-0.25, -0.2) is 4.79 Å². The molecule has 0 unspecified atom stereocenters. The number of aromatic nitrogens is 2. The van der Waals surface area contributed by atoms with E-state index in [-0.39, 0.29) is 0 Å². The summed E-state index contributed by atoms with van der Waals surface area (Å²) in [6.45, 7) is 1.98. The van der Waals surface area contributed by atoms with Crippen LogP contribution in [0.1, 0.15) is 5.56 Å². The highest BCUT2D eigenvalue weighted by molar-refractivity contribution is 5.66. The largest absolute Gasteiger partial charge is 0.463 e. The van der Waals surface area contributed by atoms with Gasteiger partial charge in [-0.15, -0.1) is 0 Å². The first-order valence-corrected chi connectivity index (χ1v) is 4.67. The number of hydrogen-bond donors (Lipinski definition) is 1. The Morgan fingerprint density at radius 2 is 2.00 bits per heavy atom. The number of hydrogen-bond acceptors (Lipinski definition) is 3. The molecule has 0 amide bonds. The number of carbonyl (C=O) groups is 1. The molecule has 5 nitrogen and oxygen atoms in total. The lowest BCUT2D eigenvalue weighted by atomic mass is 10.2. The number of nitrogens with zero attached hydrogens (tertiary/aromatic N) is 2. The molecule has 82 valence electrons. The van der Waals surface area contributed by atoms with Crippen molar-refractivity contribution >= 4 is 6.09 Å². The Hall–Kier alpha value is -2.30. The molecule has 0 atom stereocenters. The van der Waals surface area contributed by atoms with Crippen molar-refractivity contribution in [2.45, 2.75) is 6.92 Å². The highest BCUT2D eigenvalue weighted by Gasteiger charge is 2.05. The van der Waals surface area contributed by atoms with Gasteiger partial charge in [0.2, 0.25) is 0 Å². The van der Waals surface area contributed by atoms with Gasteiger partial charge in [-0.3, -0.25) is 0 Å². The van der Waals surface area contributed by atoms with Crippen molar-refractivity contribution in [3.05, 3.63) is 42.2 Å². The molecule has 0 saturated heterocycles. The van der Waals surface area contributed by atoms with Gasteiger partial charge in [0.05, 0.1) is 12.4 Å². The molecule has 16 heavy (non-hydrogen) atoms. The SMILES string of the molecule is Cc1ccc(Oc2cnn(C(=O)O)c2)cc1. The van der Waals surface area contributed by atoms with Crippen molar-refractivity contribution in [2.75, 3.05) is 0 Å². The quantitative estimate of drug-likeness (QED) is 0.841. The van der Waals surface area contributed by atoms with E-state index in [9.17, 15) is 4.79 Å². The lowest BCUT2D eigenvalue weighted by molar-refractivity contribution is 0.192. The topological polar surface area (TPSA) is 64.4 Å². The van der Waals surface area contributed by atoms with E-state index in [2.05, 4.69) is 5.10 Å². The van der Waals surface area contributed by atoms with Crippen molar-refractivity contribution in [3.8, 4) is 11.5 Å². The van der Waals surface area contributed by atoms with Crippen LogP contribution in [0.3, 0.4) is 0 Å². The molecule has 2 rings (SSSR count). The molecule has 0 radical (unpaired) electrons. The summed E-state index contributed by atoms with van der Waals surface area (Å²) in [5, 5.41) is 12.3. The summed E-state index contributed by atoms with van der Waals surface area (Å²) < 4.78 is 6.21. The van der Waals surface area contributed by atoms with Gasteiger partial charge in [-0.2, -0.15) is 9.78 Å². The van der Waals surface area contributed by atoms with Crippen LogP contribution in [0.2, 0.25) is 0 Å². The molecule has 1 heterocycles. The number of ether oxygens (including phenoxy) is 1. The standard InChI is InChI=1S/C11H10N2O3/c1-8-2-4-9(5-3-8)16-10-6-12-13(7-10)11(14)15/h2-7H,1H3,(H,14,15). The minimum absolute atomic E-state index is 0.395. The zero-order valence-corrected chi connectivity index (χ0v) is 8.62. The van der Waals surface area contributed by atoms with Gasteiger partial charge < -0.3 is 9.84 Å². The van der Waals surface area contributed by atoms with Gasteiger partial charge in [0, 0.05) is 0 Å². The summed E-state index contributed by atoms with van der Waals surface area (Å²) >= 11 is 0. The second-order valence-electron chi connectivity index (χ2n) is 3.32. The maximum Gasteiger partial charge on any atom is 0.432 e. The van der Waals surface area contributed by atoms with Gasteiger partial charge >= 0.3 is 6.09 Å². The van der Waals surface area contributed by atoms with Gasteiger partial charge in [-0.05, 0) is 19.1 Å². The van der Waals surface area contributed by atoms with Crippen LogP contribution in [0.4, 0.5) is 4.79 Å².